The van der Waals surface area contributed by atoms with Crippen LogP contribution in [0.5, 0.6) is 5.75 Å². The molecule has 2 rings (SSSR count). The normalized spacial score (nSPS) is 10.7. The number of hydrogen-bond acceptors (Lipinski definition) is 3. The van der Waals surface area contributed by atoms with Gasteiger partial charge in [0.05, 0.1) is 6.61 Å². The molecule has 1 heterocycles. The van der Waals surface area contributed by atoms with Crippen molar-refractivity contribution in [3.05, 3.63) is 48.7 Å². The molecule has 19 heavy (non-hydrogen) atoms. The number of unbranched alkanes of at least 4 members (excludes halogenated alkanes) is 2. The lowest BCUT2D eigenvalue weighted by atomic mass is 10.1. The van der Waals surface area contributed by atoms with Crippen molar-refractivity contribution in [3.63, 3.8) is 0 Å². The van der Waals surface area contributed by atoms with E-state index < -0.39 is 0 Å². The minimum absolute atomic E-state index is 0.213. The molecule has 0 spiro atoms. The van der Waals surface area contributed by atoms with Crippen molar-refractivity contribution in [2.75, 3.05) is 6.61 Å². The van der Waals surface area contributed by atoms with Crippen molar-refractivity contribution in [2.24, 2.45) is 0 Å². The van der Waals surface area contributed by atoms with Crippen molar-refractivity contribution in [1.29, 1.82) is 0 Å². The molecule has 2 aromatic rings. The van der Waals surface area contributed by atoms with E-state index in [0.717, 1.165) is 36.8 Å². The molecule has 0 atom stereocenters. The SMILES string of the molecule is C=CCCCCOCc1ccc(O)c2ncccc12. The predicted molar refractivity (Wildman–Crippen MR) is 77.1 cm³/mol. The topological polar surface area (TPSA) is 42.4 Å². The molecule has 1 aromatic heterocycles. The molecule has 0 unspecified atom stereocenters. The average molecular weight is 257 g/mol. The van der Waals surface area contributed by atoms with Gasteiger partial charge in [0.2, 0.25) is 0 Å². The number of phenols is 1. The Bertz CT molecular complexity index is 551. The highest BCUT2D eigenvalue weighted by Crippen LogP contribution is 2.25. The maximum absolute atomic E-state index is 9.75. The van der Waals surface area contributed by atoms with Gasteiger partial charge in [-0.05, 0) is 37.0 Å². The van der Waals surface area contributed by atoms with Gasteiger partial charge in [-0.15, -0.1) is 6.58 Å². The van der Waals surface area contributed by atoms with Gasteiger partial charge in [-0.1, -0.05) is 18.2 Å². The van der Waals surface area contributed by atoms with E-state index in [0.29, 0.717) is 12.1 Å². The Kier molecular flexibility index (Phi) is 4.93. The van der Waals surface area contributed by atoms with Gasteiger partial charge in [0.15, 0.2) is 0 Å². The number of rotatable bonds is 7. The molecule has 0 radical (unpaired) electrons. The number of fused-ring (bicyclic) bond motifs is 1. The second-order valence-electron chi connectivity index (χ2n) is 4.48. The second-order valence-corrected chi connectivity index (χ2v) is 4.48. The summed E-state index contributed by atoms with van der Waals surface area (Å²) in [6.45, 7) is 5.00. The first-order valence-electron chi connectivity index (χ1n) is 6.57. The molecular formula is C16H19NO2. The molecule has 0 bridgehead atoms. The maximum atomic E-state index is 9.75. The Labute approximate surface area is 113 Å². The number of allylic oxidation sites excluding steroid dienone is 1. The predicted octanol–water partition coefficient (Wildman–Crippen LogP) is 3.81. The molecule has 0 aliphatic heterocycles. The van der Waals surface area contributed by atoms with Crippen molar-refractivity contribution in [3.8, 4) is 5.75 Å². The molecule has 3 heteroatoms. The molecule has 0 aliphatic carbocycles. The van der Waals surface area contributed by atoms with E-state index in [9.17, 15) is 5.11 Å². The number of ether oxygens (including phenoxy) is 1. The molecule has 1 N–H and O–H groups in total. The number of pyridine rings is 1. The molecule has 0 saturated carbocycles. The first-order chi connectivity index (χ1) is 9.33. The van der Waals surface area contributed by atoms with E-state index >= 15 is 0 Å². The molecule has 100 valence electrons. The second kappa shape index (κ2) is 6.90. The standard InChI is InChI=1S/C16H19NO2/c1-2-3-4-5-11-19-12-13-8-9-15(18)16-14(13)7-6-10-17-16/h2,6-10,18H,1,3-5,11-12H2. The van der Waals surface area contributed by atoms with Gasteiger partial charge in [-0.3, -0.25) is 4.98 Å². The fraction of sp³-hybridized carbons (Fsp3) is 0.312. The smallest absolute Gasteiger partial charge is 0.141 e. The van der Waals surface area contributed by atoms with Gasteiger partial charge >= 0.3 is 0 Å². The third-order valence-electron chi connectivity index (χ3n) is 3.04. The van der Waals surface area contributed by atoms with Gasteiger partial charge in [-0.2, -0.15) is 0 Å². The number of nitrogens with zero attached hydrogens (tertiary/aromatic N) is 1. The largest absolute Gasteiger partial charge is 0.506 e. The molecule has 3 nitrogen and oxygen atoms in total. The lowest BCUT2D eigenvalue weighted by molar-refractivity contribution is 0.118. The third kappa shape index (κ3) is 3.55. The van der Waals surface area contributed by atoms with Crippen LogP contribution in [0.1, 0.15) is 24.8 Å². The van der Waals surface area contributed by atoms with Crippen molar-refractivity contribution in [1.82, 2.24) is 4.98 Å². The summed E-state index contributed by atoms with van der Waals surface area (Å²) in [6.07, 6.45) is 6.80. The van der Waals surface area contributed by atoms with E-state index in [2.05, 4.69) is 11.6 Å². The fourth-order valence-electron chi connectivity index (χ4n) is 2.02. The van der Waals surface area contributed by atoms with E-state index in [-0.39, 0.29) is 5.75 Å². The van der Waals surface area contributed by atoms with Crippen LogP contribution in [0.25, 0.3) is 10.9 Å². The highest BCUT2D eigenvalue weighted by molar-refractivity contribution is 5.86. The summed E-state index contributed by atoms with van der Waals surface area (Å²) < 4.78 is 5.67. The molecule has 1 aromatic carbocycles. The zero-order chi connectivity index (χ0) is 13.5. The number of benzene rings is 1. The van der Waals surface area contributed by atoms with Gasteiger partial charge in [0, 0.05) is 18.2 Å². The quantitative estimate of drug-likeness (QED) is 0.605. The maximum Gasteiger partial charge on any atom is 0.141 e. The monoisotopic (exact) mass is 257 g/mol. The zero-order valence-corrected chi connectivity index (χ0v) is 11.0. The van der Waals surface area contributed by atoms with E-state index in [1.165, 1.54) is 0 Å². The number of aromatic hydroxyl groups is 1. The van der Waals surface area contributed by atoms with Crippen LogP contribution in [-0.4, -0.2) is 16.7 Å². The Morgan fingerprint density at radius 2 is 2.16 bits per heavy atom. The van der Waals surface area contributed by atoms with Gasteiger partial charge in [0.1, 0.15) is 11.3 Å². The summed E-state index contributed by atoms with van der Waals surface area (Å²) in [6, 6.07) is 7.39. The van der Waals surface area contributed by atoms with Gasteiger partial charge in [0.25, 0.3) is 0 Å². The summed E-state index contributed by atoms with van der Waals surface area (Å²) >= 11 is 0. The summed E-state index contributed by atoms with van der Waals surface area (Å²) in [5, 5.41) is 10.7. The zero-order valence-electron chi connectivity index (χ0n) is 11.0. The highest BCUT2D eigenvalue weighted by atomic mass is 16.5. The Morgan fingerprint density at radius 1 is 1.26 bits per heavy atom. The van der Waals surface area contributed by atoms with Crippen LogP contribution in [0.3, 0.4) is 0 Å². The summed E-state index contributed by atoms with van der Waals surface area (Å²) in [5.74, 6) is 0.213. The summed E-state index contributed by atoms with van der Waals surface area (Å²) in [7, 11) is 0. The van der Waals surface area contributed by atoms with Crippen LogP contribution in [-0.2, 0) is 11.3 Å². The van der Waals surface area contributed by atoms with Crippen molar-refractivity contribution in [2.45, 2.75) is 25.9 Å². The molecular weight excluding hydrogens is 238 g/mol. The number of aromatic nitrogens is 1. The summed E-state index contributed by atoms with van der Waals surface area (Å²) in [5.41, 5.74) is 1.69. The van der Waals surface area contributed by atoms with Crippen LogP contribution in [0.2, 0.25) is 0 Å². The minimum Gasteiger partial charge on any atom is -0.506 e. The third-order valence-corrected chi connectivity index (χ3v) is 3.04. The first kappa shape index (κ1) is 13.6. The Morgan fingerprint density at radius 3 is 3.00 bits per heavy atom. The van der Waals surface area contributed by atoms with E-state index in [1.807, 2.05) is 24.3 Å². The van der Waals surface area contributed by atoms with E-state index in [1.54, 1.807) is 12.3 Å². The molecule has 0 saturated heterocycles. The number of phenolic OH excluding ortho intramolecular Hbond substituents is 1. The van der Waals surface area contributed by atoms with E-state index in [4.69, 9.17) is 4.74 Å². The van der Waals surface area contributed by atoms with Crippen LogP contribution in [0.15, 0.2) is 43.1 Å². The fourth-order valence-corrected chi connectivity index (χ4v) is 2.02. The van der Waals surface area contributed by atoms with Crippen LogP contribution >= 0.6 is 0 Å². The minimum atomic E-state index is 0.213. The van der Waals surface area contributed by atoms with Gasteiger partial charge in [-0.25, -0.2) is 0 Å². The lowest BCUT2D eigenvalue weighted by Gasteiger charge is -2.08. The lowest BCUT2D eigenvalue weighted by Crippen LogP contribution is -1.97. The van der Waals surface area contributed by atoms with Crippen LogP contribution < -0.4 is 0 Å². The molecule has 0 amide bonds. The van der Waals surface area contributed by atoms with Crippen LogP contribution in [0, 0.1) is 0 Å². The highest BCUT2D eigenvalue weighted by Gasteiger charge is 2.05. The Balaban J connectivity index is 1.97. The van der Waals surface area contributed by atoms with Crippen LogP contribution in [0.4, 0.5) is 0 Å². The van der Waals surface area contributed by atoms with Gasteiger partial charge < -0.3 is 9.84 Å². The molecule has 0 fully saturated rings. The van der Waals surface area contributed by atoms with Crippen molar-refractivity contribution >= 4 is 10.9 Å². The first-order valence-corrected chi connectivity index (χ1v) is 6.57. The summed E-state index contributed by atoms with van der Waals surface area (Å²) in [4.78, 5) is 4.19. The number of hydrogen-bond donors (Lipinski definition) is 1. The molecule has 0 aliphatic rings. The Hall–Kier alpha value is -1.87. The van der Waals surface area contributed by atoms with Crippen molar-refractivity contribution < 1.29 is 9.84 Å². The average Bonchev–Trinajstić information content (AvgIpc) is 2.45.